The number of nitrogens with zero attached hydrogens (tertiary/aromatic N) is 5. The van der Waals surface area contributed by atoms with Crippen LogP contribution in [0.2, 0.25) is 0 Å². The van der Waals surface area contributed by atoms with E-state index in [9.17, 15) is 4.79 Å². The minimum absolute atomic E-state index is 0.0732. The number of hydrogen-bond donors (Lipinski definition) is 2. The molecule has 3 aromatic heterocycles. The van der Waals surface area contributed by atoms with Crippen LogP contribution in [0.1, 0.15) is 56.1 Å². The first kappa shape index (κ1) is 19.5. The molecule has 2 N–H and O–H groups in total. The van der Waals surface area contributed by atoms with Gasteiger partial charge in [0.15, 0.2) is 0 Å². The van der Waals surface area contributed by atoms with Gasteiger partial charge in [0.25, 0.3) is 0 Å². The quantitative estimate of drug-likeness (QED) is 0.586. The Morgan fingerprint density at radius 3 is 2.74 bits per heavy atom. The Bertz CT molecular complexity index is 893. The van der Waals surface area contributed by atoms with Crippen molar-refractivity contribution in [2.24, 2.45) is 0 Å². The number of thiazole rings is 1. The van der Waals surface area contributed by atoms with Crippen LogP contribution < -0.4 is 11.0 Å². The lowest BCUT2D eigenvalue weighted by Crippen LogP contribution is -2.35. The summed E-state index contributed by atoms with van der Waals surface area (Å²) in [7, 11) is 0. The van der Waals surface area contributed by atoms with E-state index in [1.807, 2.05) is 38.7 Å². The molecule has 0 aliphatic heterocycles. The third-order valence-corrected chi connectivity index (χ3v) is 5.53. The predicted octanol–water partition coefficient (Wildman–Crippen LogP) is 2.33. The summed E-state index contributed by atoms with van der Waals surface area (Å²) in [6.45, 7) is 9.32. The van der Waals surface area contributed by atoms with Crippen LogP contribution in [0.4, 0.5) is 0 Å². The van der Waals surface area contributed by atoms with E-state index in [1.54, 1.807) is 22.2 Å². The molecule has 0 amide bonds. The molecule has 146 valence electrons. The number of aromatic nitrogens is 6. The molecule has 0 bridgehead atoms. The molecule has 0 fully saturated rings. The molecule has 0 aromatic carbocycles. The highest BCUT2D eigenvalue weighted by Crippen LogP contribution is 2.22. The highest BCUT2D eigenvalue weighted by Gasteiger charge is 2.13. The van der Waals surface area contributed by atoms with Crippen LogP contribution in [0, 0.1) is 0 Å². The third-order valence-electron chi connectivity index (χ3n) is 4.52. The van der Waals surface area contributed by atoms with Crippen LogP contribution in [0.5, 0.6) is 0 Å². The lowest BCUT2D eigenvalue weighted by atomic mass is 10.1. The predicted molar refractivity (Wildman–Crippen MR) is 106 cm³/mol. The molecular formula is C18H27N7OS. The van der Waals surface area contributed by atoms with Crippen molar-refractivity contribution in [3.8, 4) is 0 Å². The summed E-state index contributed by atoms with van der Waals surface area (Å²) < 4.78 is 3.14. The van der Waals surface area contributed by atoms with E-state index in [1.165, 1.54) is 9.56 Å². The van der Waals surface area contributed by atoms with Crippen molar-refractivity contribution in [3.05, 3.63) is 51.1 Å². The van der Waals surface area contributed by atoms with E-state index in [2.05, 4.69) is 32.3 Å². The summed E-state index contributed by atoms with van der Waals surface area (Å²) in [5, 5.41) is 7.59. The summed E-state index contributed by atoms with van der Waals surface area (Å²) in [5.41, 5.74) is 2.91. The topological polar surface area (TPSA) is 93.4 Å². The Labute approximate surface area is 162 Å². The number of H-pyrrole nitrogens is 1. The van der Waals surface area contributed by atoms with Gasteiger partial charge >= 0.3 is 5.69 Å². The zero-order chi connectivity index (χ0) is 19.4. The van der Waals surface area contributed by atoms with Gasteiger partial charge in [-0.1, -0.05) is 6.92 Å². The number of imidazole rings is 1. The second-order valence-electron chi connectivity index (χ2n) is 7.24. The Morgan fingerprint density at radius 1 is 1.26 bits per heavy atom. The minimum Gasteiger partial charge on any atom is -0.345 e. The molecular weight excluding hydrogens is 362 g/mol. The SMILES string of the molecule is CC(Cn1ncn(C(C)C)c1=O)NCc1ncc(CC(C)c2cncs2)[nH]1. The summed E-state index contributed by atoms with van der Waals surface area (Å²) in [5.74, 6) is 1.31. The normalized spacial score (nSPS) is 14.0. The van der Waals surface area contributed by atoms with Crippen molar-refractivity contribution in [2.45, 2.75) is 65.2 Å². The van der Waals surface area contributed by atoms with E-state index in [4.69, 9.17) is 0 Å². The second kappa shape index (κ2) is 8.62. The van der Waals surface area contributed by atoms with E-state index >= 15 is 0 Å². The minimum atomic E-state index is -0.0732. The van der Waals surface area contributed by atoms with Crippen molar-refractivity contribution in [2.75, 3.05) is 0 Å². The number of rotatable bonds is 9. The first-order valence-electron chi connectivity index (χ1n) is 9.22. The molecule has 27 heavy (non-hydrogen) atoms. The average molecular weight is 390 g/mol. The molecule has 8 nitrogen and oxygen atoms in total. The van der Waals surface area contributed by atoms with E-state index < -0.39 is 0 Å². The summed E-state index contributed by atoms with van der Waals surface area (Å²) in [6, 6.07) is 0.214. The summed E-state index contributed by atoms with van der Waals surface area (Å²) >= 11 is 1.68. The van der Waals surface area contributed by atoms with Crippen molar-refractivity contribution < 1.29 is 0 Å². The molecule has 0 saturated heterocycles. The molecule has 0 spiro atoms. The van der Waals surface area contributed by atoms with Gasteiger partial charge in [0, 0.05) is 35.0 Å². The van der Waals surface area contributed by atoms with E-state index in [0.717, 1.165) is 17.9 Å². The first-order chi connectivity index (χ1) is 12.9. The van der Waals surface area contributed by atoms with Crippen LogP contribution in [0.3, 0.4) is 0 Å². The van der Waals surface area contributed by atoms with Crippen molar-refractivity contribution in [1.29, 1.82) is 0 Å². The molecule has 0 aliphatic rings. The zero-order valence-corrected chi connectivity index (χ0v) is 17.0. The van der Waals surface area contributed by atoms with Crippen molar-refractivity contribution in [3.63, 3.8) is 0 Å². The van der Waals surface area contributed by atoms with Gasteiger partial charge in [0.1, 0.15) is 12.2 Å². The van der Waals surface area contributed by atoms with Gasteiger partial charge in [-0.15, -0.1) is 11.3 Å². The van der Waals surface area contributed by atoms with Crippen LogP contribution in [-0.2, 0) is 19.5 Å². The van der Waals surface area contributed by atoms with Crippen molar-refractivity contribution >= 4 is 11.3 Å². The maximum absolute atomic E-state index is 12.2. The largest absolute Gasteiger partial charge is 0.345 e. The van der Waals surface area contributed by atoms with E-state index in [-0.39, 0.29) is 17.8 Å². The first-order valence-corrected chi connectivity index (χ1v) is 10.1. The number of nitrogens with one attached hydrogen (secondary N) is 2. The Hall–Kier alpha value is -2.26. The maximum Gasteiger partial charge on any atom is 0.345 e. The number of hydrogen-bond acceptors (Lipinski definition) is 6. The van der Waals surface area contributed by atoms with Gasteiger partial charge in [0.2, 0.25) is 0 Å². The molecule has 3 rings (SSSR count). The van der Waals surface area contributed by atoms with Crippen LogP contribution in [0.15, 0.2) is 29.0 Å². The van der Waals surface area contributed by atoms with Crippen LogP contribution >= 0.6 is 11.3 Å². The average Bonchev–Trinajstić information content (AvgIpc) is 3.35. The summed E-state index contributed by atoms with van der Waals surface area (Å²) in [4.78, 5) is 25.5. The smallest absolute Gasteiger partial charge is 0.345 e. The van der Waals surface area contributed by atoms with Gasteiger partial charge < -0.3 is 10.3 Å². The lowest BCUT2D eigenvalue weighted by Gasteiger charge is -2.12. The standard InChI is InChI=1S/C18H27N7OS/c1-12(2)24-10-22-25(18(24)26)9-14(4)20-8-17-21-6-15(23-17)5-13(3)16-7-19-11-27-16/h6-7,10-14,20H,5,8-9H2,1-4H3,(H,21,23). The molecule has 2 atom stereocenters. The van der Waals surface area contributed by atoms with E-state index in [0.29, 0.717) is 19.0 Å². The Kier molecular flexibility index (Phi) is 6.22. The Balaban J connectivity index is 1.50. The third kappa shape index (κ3) is 4.92. The van der Waals surface area contributed by atoms with Crippen LogP contribution in [0.25, 0.3) is 0 Å². The number of aromatic amines is 1. The lowest BCUT2D eigenvalue weighted by molar-refractivity contribution is 0.432. The van der Waals surface area contributed by atoms with Gasteiger partial charge in [-0.25, -0.2) is 14.5 Å². The fraction of sp³-hybridized carbons (Fsp3) is 0.556. The second-order valence-corrected chi connectivity index (χ2v) is 8.16. The zero-order valence-electron chi connectivity index (χ0n) is 16.2. The monoisotopic (exact) mass is 389 g/mol. The fourth-order valence-electron chi connectivity index (χ4n) is 2.92. The fourth-order valence-corrected chi connectivity index (χ4v) is 3.60. The van der Waals surface area contributed by atoms with Crippen LogP contribution in [-0.4, -0.2) is 35.3 Å². The van der Waals surface area contributed by atoms with Gasteiger partial charge in [-0.2, -0.15) is 5.10 Å². The summed E-state index contributed by atoms with van der Waals surface area (Å²) in [6.07, 6.45) is 6.34. The molecule has 9 heteroatoms. The molecule has 3 aromatic rings. The molecule has 0 radical (unpaired) electrons. The van der Waals surface area contributed by atoms with Gasteiger partial charge in [-0.3, -0.25) is 9.55 Å². The van der Waals surface area contributed by atoms with Gasteiger partial charge in [-0.05, 0) is 33.1 Å². The Morgan fingerprint density at radius 2 is 2.07 bits per heavy atom. The van der Waals surface area contributed by atoms with Gasteiger partial charge in [0.05, 0.1) is 18.6 Å². The molecule has 0 aliphatic carbocycles. The highest BCUT2D eigenvalue weighted by atomic mass is 32.1. The molecule has 0 saturated carbocycles. The molecule has 3 heterocycles. The highest BCUT2D eigenvalue weighted by molar-refractivity contribution is 7.09. The maximum atomic E-state index is 12.2. The molecule has 2 unspecified atom stereocenters. The van der Waals surface area contributed by atoms with Crippen molar-refractivity contribution in [1.82, 2.24) is 34.6 Å².